The van der Waals surface area contributed by atoms with Crippen molar-refractivity contribution in [3.63, 3.8) is 0 Å². The number of rotatable bonds is 8. The van der Waals surface area contributed by atoms with E-state index in [0.29, 0.717) is 6.54 Å². The zero-order chi connectivity index (χ0) is 24.9. The number of aliphatic hydroxyl groups excluding tert-OH is 2. The maximum Gasteiger partial charge on any atom is 0.184 e. The van der Waals surface area contributed by atoms with Gasteiger partial charge in [0.1, 0.15) is 0 Å². The molecule has 2 saturated heterocycles. The van der Waals surface area contributed by atoms with Crippen LogP contribution in [-0.4, -0.2) is 47.0 Å². The molecule has 3 aromatic rings. The van der Waals surface area contributed by atoms with Gasteiger partial charge in [0.05, 0.1) is 25.4 Å². The van der Waals surface area contributed by atoms with Crippen LogP contribution < -0.4 is 5.73 Å². The predicted octanol–water partition coefficient (Wildman–Crippen LogP) is 4.31. The zero-order valence-corrected chi connectivity index (χ0v) is 20.6. The van der Waals surface area contributed by atoms with Crippen LogP contribution in [0.3, 0.4) is 0 Å². The Morgan fingerprint density at radius 1 is 0.861 bits per heavy atom. The van der Waals surface area contributed by atoms with Gasteiger partial charge >= 0.3 is 0 Å². The van der Waals surface area contributed by atoms with Gasteiger partial charge in [-0.1, -0.05) is 66.7 Å². The Kier molecular flexibility index (Phi) is 8.12. The van der Waals surface area contributed by atoms with Crippen molar-refractivity contribution in [2.45, 2.75) is 57.0 Å². The highest BCUT2D eigenvalue weighted by Crippen LogP contribution is 2.39. The van der Waals surface area contributed by atoms with Crippen LogP contribution >= 0.6 is 0 Å². The quantitative estimate of drug-likeness (QED) is 0.438. The van der Waals surface area contributed by atoms with Crippen LogP contribution in [0.2, 0.25) is 0 Å². The Morgan fingerprint density at radius 2 is 1.64 bits per heavy atom. The Morgan fingerprint density at radius 3 is 2.36 bits per heavy atom. The van der Waals surface area contributed by atoms with Gasteiger partial charge in [-0.15, -0.1) is 0 Å². The summed E-state index contributed by atoms with van der Waals surface area (Å²) in [6.07, 6.45) is 2.27. The molecule has 4 unspecified atom stereocenters. The monoisotopic (exact) mass is 488 g/mol. The molecule has 36 heavy (non-hydrogen) atoms. The fraction of sp³-hybridized carbons (Fsp3) is 0.400. The standard InChI is InChI=1S/C30H36N2O4/c31-17-22-3-1-4-26(15-22)23-10-12-25(13-11-23)30-35-28(18-32-14-2-5-27(32)20-34)16-29(36-30)24-8-6-21(19-33)7-9-24/h1,3-4,6-13,15,27-30,33-34H,2,5,14,16-20,31H2. The predicted molar refractivity (Wildman–Crippen MR) is 140 cm³/mol. The Hall–Kier alpha value is -2.58. The highest BCUT2D eigenvalue weighted by atomic mass is 16.7. The summed E-state index contributed by atoms with van der Waals surface area (Å²) in [6, 6.07) is 24.8. The van der Waals surface area contributed by atoms with E-state index in [4.69, 9.17) is 15.2 Å². The summed E-state index contributed by atoms with van der Waals surface area (Å²) in [4.78, 5) is 2.35. The van der Waals surface area contributed by atoms with E-state index in [9.17, 15) is 10.2 Å². The van der Waals surface area contributed by atoms with Crippen LogP contribution in [-0.2, 0) is 22.6 Å². The number of hydrogen-bond donors (Lipinski definition) is 3. The van der Waals surface area contributed by atoms with Gasteiger partial charge in [0.25, 0.3) is 0 Å². The number of benzene rings is 3. The molecule has 190 valence electrons. The van der Waals surface area contributed by atoms with Crippen molar-refractivity contribution in [2.75, 3.05) is 19.7 Å². The first-order valence-corrected chi connectivity index (χ1v) is 12.9. The second-order valence-corrected chi connectivity index (χ2v) is 9.85. The molecule has 6 heteroatoms. The lowest BCUT2D eigenvalue weighted by Crippen LogP contribution is -2.42. The van der Waals surface area contributed by atoms with Crippen molar-refractivity contribution in [1.82, 2.24) is 4.90 Å². The molecule has 0 spiro atoms. The average Bonchev–Trinajstić information content (AvgIpc) is 3.40. The second-order valence-electron chi connectivity index (χ2n) is 9.85. The first kappa shape index (κ1) is 25.1. The molecule has 4 atom stereocenters. The number of ether oxygens (including phenoxy) is 2. The van der Waals surface area contributed by atoms with Crippen LogP contribution in [0, 0.1) is 0 Å². The van der Waals surface area contributed by atoms with Gasteiger partial charge in [0.15, 0.2) is 6.29 Å². The van der Waals surface area contributed by atoms with Crippen molar-refractivity contribution in [1.29, 1.82) is 0 Å². The molecule has 2 aliphatic heterocycles. The Balaban J connectivity index is 1.37. The number of nitrogens with zero attached hydrogens (tertiary/aromatic N) is 1. The van der Waals surface area contributed by atoms with E-state index in [1.165, 1.54) is 0 Å². The molecule has 2 aliphatic rings. The molecule has 0 aromatic heterocycles. The van der Waals surface area contributed by atoms with Gasteiger partial charge in [0.2, 0.25) is 0 Å². The van der Waals surface area contributed by atoms with E-state index in [2.05, 4.69) is 41.3 Å². The molecule has 0 radical (unpaired) electrons. The molecule has 5 rings (SSSR count). The lowest BCUT2D eigenvalue weighted by Gasteiger charge is -2.38. The topological polar surface area (TPSA) is 88.2 Å². The van der Waals surface area contributed by atoms with E-state index in [1.54, 1.807) is 0 Å². The van der Waals surface area contributed by atoms with Gasteiger partial charge in [-0.25, -0.2) is 0 Å². The zero-order valence-electron chi connectivity index (χ0n) is 20.6. The molecular formula is C30H36N2O4. The maximum atomic E-state index is 9.79. The minimum atomic E-state index is -0.481. The third kappa shape index (κ3) is 5.70. The molecule has 2 fully saturated rings. The Bertz CT molecular complexity index is 1120. The molecule has 4 N–H and O–H groups in total. The first-order valence-electron chi connectivity index (χ1n) is 12.9. The maximum absolute atomic E-state index is 9.79. The normalized spacial score (nSPS) is 24.8. The third-order valence-corrected chi connectivity index (χ3v) is 7.44. The molecule has 3 aromatic carbocycles. The summed E-state index contributed by atoms with van der Waals surface area (Å²) in [5.41, 5.74) is 12.1. The van der Waals surface area contributed by atoms with Gasteiger partial charge in [-0.2, -0.15) is 0 Å². The van der Waals surface area contributed by atoms with Crippen molar-refractivity contribution in [3.8, 4) is 11.1 Å². The van der Waals surface area contributed by atoms with E-state index in [-0.39, 0.29) is 31.5 Å². The molecule has 0 bridgehead atoms. The van der Waals surface area contributed by atoms with E-state index < -0.39 is 6.29 Å². The smallest absolute Gasteiger partial charge is 0.184 e. The molecule has 2 heterocycles. The Labute approximate surface area is 213 Å². The molecular weight excluding hydrogens is 452 g/mol. The highest BCUT2D eigenvalue weighted by molar-refractivity contribution is 5.64. The minimum Gasteiger partial charge on any atom is -0.395 e. The van der Waals surface area contributed by atoms with Crippen molar-refractivity contribution in [2.24, 2.45) is 5.73 Å². The average molecular weight is 489 g/mol. The second kappa shape index (κ2) is 11.6. The largest absolute Gasteiger partial charge is 0.395 e. The molecule has 6 nitrogen and oxygen atoms in total. The summed E-state index contributed by atoms with van der Waals surface area (Å²) < 4.78 is 13.0. The van der Waals surface area contributed by atoms with Gasteiger partial charge in [0, 0.05) is 31.1 Å². The van der Waals surface area contributed by atoms with E-state index >= 15 is 0 Å². The van der Waals surface area contributed by atoms with Crippen LogP contribution in [0.15, 0.2) is 72.8 Å². The summed E-state index contributed by atoms with van der Waals surface area (Å²) >= 11 is 0. The molecule has 0 amide bonds. The summed E-state index contributed by atoms with van der Waals surface area (Å²) in [7, 11) is 0. The lowest BCUT2D eigenvalue weighted by molar-refractivity contribution is -0.253. The van der Waals surface area contributed by atoms with Crippen molar-refractivity contribution >= 4 is 0 Å². The first-order chi connectivity index (χ1) is 17.7. The van der Waals surface area contributed by atoms with Crippen LogP contribution in [0.25, 0.3) is 11.1 Å². The number of aliphatic hydroxyl groups is 2. The third-order valence-electron chi connectivity index (χ3n) is 7.44. The van der Waals surface area contributed by atoms with E-state index in [0.717, 1.165) is 65.7 Å². The SMILES string of the molecule is NCc1cccc(-c2ccc(C3OC(CN4CCCC4CO)CC(c4ccc(CO)cc4)O3)cc2)c1. The number of nitrogens with two attached hydrogens (primary N) is 1. The molecule has 0 aliphatic carbocycles. The number of likely N-dealkylation sites (tertiary alicyclic amines) is 1. The summed E-state index contributed by atoms with van der Waals surface area (Å²) in [5.74, 6) is 0. The fourth-order valence-corrected chi connectivity index (χ4v) is 5.35. The van der Waals surface area contributed by atoms with Crippen molar-refractivity contribution < 1.29 is 19.7 Å². The van der Waals surface area contributed by atoms with Gasteiger partial charge in [-0.3, -0.25) is 4.90 Å². The fourth-order valence-electron chi connectivity index (χ4n) is 5.35. The summed E-state index contributed by atoms with van der Waals surface area (Å²) in [5, 5.41) is 19.2. The summed E-state index contributed by atoms with van der Waals surface area (Å²) in [6.45, 7) is 2.50. The van der Waals surface area contributed by atoms with Crippen LogP contribution in [0.4, 0.5) is 0 Å². The lowest BCUT2D eigenvalue weighted by atomic mass is 9.99. The minimum absolute atomic E-state index is 0.0145. The van der Waals surface area contributed by atoms with Gasteiger partial charge in [-0.05, 0) is 53.3 Å². The van der Waals surface area contributed by atoms with Crippen LogP contribution in [0.1, 0.15) is 53.9 Å². The highest BCUT2D eigenvalue weighted by Gasteiger charge is 2.35. The van der Waals surface area contributed by atoms with E-state index in [1.807, 2.05) is 36.4 Å². The van der Waals surface area contributed by atoms with Crippen LogP contribution in [0.5, 0.6) is 0 Å². The molecule has 0 saturated carbocycles. The number of hydrogen-bond acceptors (Lipinski definition) is 6. The van der Waals surface area contributed by atoms with Crippen molar-refractivity contribution in [3.05, 3.63) is 95.1 Å². The van der Waals surface area contributed by atoms with Gasteiger partial charge < -0.3 is 25.4 Å².